The van der Waals surface area contributed by atoms with Crippen molar-refractivity contribution in [2.24, 2.45) is 5.73 Å². The first kappa shape index (κ1) is 33.6. The highest BCUT2D eigenvalue weighted by Crippen LogP contribution is 2.30. The van der Waals surface area contributed by atoms with E-state index in [9.17, 15) is 4.79 Å². The average molecular weight is 631 g/mol. The van der Waals surface area contributed by atoms with E-state index < -0.39 is 0 Å². The van der Waals surface area contributed by atoms with E-state index in [0.29, 0.717) is 19.6 Å². The summed E-state index contributed by atoms with van der Waals surface area (Å²) in [4.78, 5) is 19.7. The minimum absolute atomic E-state index is 0.0914. The number of carbonyl (C=O) groups excluding carboxylic acids is 1. The fourth-order valence-corrected chi connectivity index (χ4v) is 6.15. The van der Waals surface area contributed by atoms with E-state index in [2.05, 4.69) is 50.3 Å². The van der Waals surface area contributed by atoms with Crippen molar-refractivity contribution in [3.05, 3.63) is 65.3 Å². The molecule has 3 heterocycles. The highest BCUT2D eigenvalue weighted by Gasteiger charge is 2.17. The summed E-state index contributed by atoms with van der Waals surface area (Å²) < 4.78 is 19.3. The summed E-state index contributed by atoms with van der Waals surface area (Å²) in [6.45, 7) is 11.0. The molecule has 1 aliphatic rings. The van der Waals surface area contributed by atoms with E-state index in [0.717, 1.165) is 136 Å². The van der Waals surface area contributed by atoms with Crippen molar-refractivity contribution < 1.29 is 18.8 Å². The van der Waals surface area contributed by atoms with Crippen LogP contribution in [-0.2, 0) is 28.9 Å². The van der Waals surface area contributed by atoms with Crippen LogP contribution in [0.1, 0.15) is 61.4 Å². The minimum Gasteiger partial charge on any atom is -0.492 e. The number of carbonyl (C=O) groups is 1. The molecule has 4 aromatic rings. The van der Waals surface area contributed by atoms with Gasteiger partial charge >= 0.3 is 0 Å². The van der Waals surface area contributed by atoms with Gasteiger partial charge in [0.05, 0.1) is 36.5 Å². The molecule has 0 unspecified atom stereocenters. The van der Waals surface area contributed by atoms with Crippen molar-refractivity contribution >= 4 is 16.9 Å². The Morgan fingerprint density at radius 3 is 2.52 bits per heavy atom. The molecule has 0 saturated carbocycles. The molecule has 0 aliphatic carbocycles. The van der Waals surface area contributed by atoms with Crippen LogP contribution in [-0.4, -0.2) is 78.1 Å². The fourth-order valence-electron chi connectivity index (χ4n) is 6.15. The number of nitrogens with one attached hydrogen (secondary N) is 1. The molecule has 46 heavy (non-hydrogen) atoms. The predicted octanol–water partition coefficient (Wildman–Crippen LogP) is 5.22. The fraction of sp³-hybridized carbons (Fsp3) is 0.528. The summed E-state index contributed by atoms with van der Waals surface area (Å²) in [6.07, 6.45) is 7.63. The smallest absolute Gasteiger partial charge is 0.220 e. The van der Waals surface area contributed by atoms with Crippen molar-refractivity contribution in [3.8, 4) is 16.9 Å². The number of aryl methyl sites for hydroxylation is 4. The number of hydrogen-bond donors (Lipinski definition) is 2. The first-order valence-corrected chi connectivity index (χ1v) is 16.9. The van der Waals surface area contributed by atoms with Crippen LogP contribution >= 0.6 is 0 Å². The van der Waals surface area contributed by atoms with Gasteiger partial charge in [-0.15, -0.1) is 0 Å². The van der Waals surface area contributed by atoms with Crippen LogP contribution in [0, 0.1) is 13.8 Å². The Kier molecular flexibility index (Phi) is 12.6. The molecule has 1 aliphatic heterocycles. The van der Waals surface area contributed by atoms with E-state index in [1.807, 2.05) is 26.0 Å². The molecule has 248 valence electrons. The largest absolute Gasteiger partial charge is 0.492 e. The summed E-state index contributed by atoms with van der Waals surface area (Å²) in [5.41, 5.74) is 11.9. The maximum absolute atomic E-state index is 12.1. The molecule has 10 nitrogen and oxygen atoms in total. The minimum atomic E-state index is 0.0914. The maximum Gasteiger partial charge on any atom is 0.220 e. The molecular weight excluding hydrogens is 580 g/mol. The van der Waals surface area contributed by atoms with Crippen molar-refractivity contribution in [1.29, 1.82) is 0 Å². The van der Waals surface area contributed by atoms with Gasteiger partial charge in [-0.05, 0) is 75.0 Å². The molecular formula is C36H50N6O4. The second-order valence-electron chi connectivity index (χ2n) is 12.2. The van der Waals surface area contributed by atoms with Crippen LogP contribution in [0.2, 0.25) is 0 Å². The zero-order chi connectivity index (χ0) is 32.1. The van der Waals surface area contributed by atoms with Gasteiger partial charge in [0.25, 0.3) is 0 Å². The maximum atomic E-state index is 12.1. The summed E-state index contributed by atoms with van der Waals surface area (Å²) in [5.74, 6) is 2.81. The second kappa shape index (κ2) is 17.3. The average Bonchev–Trinajstić information content (AvgIpc) is 3.60. The molecule has 0 radical (unpaired) electrons. The summed E-state index contributed by atoms with van der Waals surface area (Å²) >= 11 is 0. The van der Waals surface area contributed by atoms with Crippen LogP contribution < -0.4 is 15.8 Å². The lowest BCUT2D eigenvalue weighted by Crippen LogP contribution is -2.38. The first-order chi connectivity index (χ1) is 22.5. The van der Waals surface area contributed by atoms with E-state index in [-0.39, 0.29) is 5.91 Å². The van der Waals surface area contributed by atoms with E-state index >= 15 is 0 Å². The van der Waals surface area contributed by atoms with E-state index in [1.54, 1.807) is 0 Å². The van der Waals surface area contributed by atoms with Gasteiger partial charge in [-0.25, -0.2) is 4.98 Å². The Balaban J connectivity index is 1.15. The van der Waals surface area contributed by atoms with Crippen molar-refractivity contribution in [1.82, 2.24) is 24.9 Å². The topological polar surface area (TPSA) is 121 Å². The number of morpholine rings is 1. The van der Waals surface area contributed by atoms with Crippen molar-refractivity contribution in [3.63, 3.8) is 0 Å². The van der Waals surface area contributed by atoms with Gasteiger partial charge in [0.1, 0.15) is 23.9 Å². The molecule has 3 N–H and O–H groups in total. The third-order valence-corrected chi connectivity index (χ3v) is 8.75. The third-order valence-electron chi connectivity index (χ3n) is 8.75. The Labute approximate surface area is 272 Å². The second-order valence-corrected chi connectivity index (χ2v) is 12.2. The SMILES string of the molecule is Cc1noc(C)c1-c1ccc2c(c1)nc(CCc1ccc(OCCNC(=O)CCCCCCCN)cc1)n2CCN1CCOCC1. The molecule has 0 atom stereocenters. The van der Waals surface area contributed by atoms with Crippen LogP contribution in [0.25, 0.3) is 22.2 Å². The first-order valence-electron chi connectivity index (χ1n) is 16.9. The Morgan fingerprint density at radius 1 is 0.978 bits per heavy atom. The summed E-state index contributed by atoms with van der Waals surface area (Å²) in [7, 11) is 0. The van der Waals surface area contributed by atoms with Gasteiger partial charge in [0, 0.05) is 44.6 Å². The molecule has 10 heteroatoms. The zero-order valence-electron chi connectivity index (χ0n) is 27.6. The molecule has 0 spiro atoms. The van der Waals surface area contributed by atoms with Crippen LogP contribution in [0.4, 0.5) is 0 Å². The van der Waals surface area contributed by atoms with E-state index in [4.69, 9.17) is 24.7 Å². The number of aromatic nitrogens is 3. The number of nitrogens with two attached hydrogens (primary N) is 1. The number of ether oxygens (including phenoxy) is 2. The van der Waals surface area contributed by atoms with Crippen LogP contribution in [0.15, 0.2) is 47.0 Å². The number of hydrogen-bond acceptors (Lipinski definition) is 8. The van der Waals surface area contributed by atoms with Gasteiger partial charge < -0.3 is 29.6 Å². The van der Waals surface area contributed by atoms with Gasteiger partial charge in [0.2, 0.25) is 5.91 Å². The Morgan fingerprint density at radius 2 is 1.76 bits per heavy atom. The van der Waals surface area contributed by atoms with Crippen LogP contribution in [0.5, 0.6) is 5.75 Å². The number of rotatable bonds is 18. The van der Waals surface area contributed by atoms with Gasteiger partial charge in [-0.1, -0.05) is 42.6 Å². The lowest BCUT2D eigenvalue weighted by atomic mass is 10.0. The summed E-state index contributed by atoms with van der Waals surface area (Å²) in [6, 6.07) is 14.8. The molecule has 1 saturated heterocycles. The van der Waals surface area contributed by atoms with Gasteiger partial charge in [-0.3, -0.25) is 9.69 Å². The lowest BCUT2D eigenvalue weighted by molar-refractivity contribution is -0.121. The zero-order valence-corrected chi connectivity index (χ0v) is 27.6. The Hall–Kier alpha value is -3.73. The number of fused-ring (bicyclic) bond motifs is 1. The normalized spacial score (nSPS) is 13.8. The quantitative estimate of drug-likeness (QED) is 0.144. The molecule has 2 aromatic heterocycles. The van der Waals surface area contributed by atoms with Gasteiger partial charge in [-0.2, -0.15) is 0 Å². The third kappa shape index (κ3) is 9.40. The highest BCUT2D eigenvalue weighted by molar-refractivity contribution is 5.83. The molecule has 0 bridgehead atoms. The summed E-state index contributed by atoms with van der Waals surface area (Å²) in [5, 5.41) is 7.11. The number of imidazole rings is 1. The molecule has 1 amide bonds. The van der Waals surface area contributed by atoms with Crippen molar-refractivity contribution in [2.45, 2.75) is 71.8 Å². The molecule has 2 aromatic carbocycles. The predicted molar refractivity (Wildman–Crippen MR) is 181 cm³/mol. The number of nitrogens with zero attached hydrogens (tertiary/aromatic N) is 4. The standard InChI is InChI=1S/C36H50N6O4/c1-27-36(28(2)46-40-27)30-12-15-33-32(26-30)39-34(42(33)20-19-41-21-24-44-25-22-41)16-11-29-9-13-31(14-10-29)45-23-18-38-35(43)8-6-4-3-5-7-17-37/h9-10,12-15,26H,3-8,11,16-25,37H2,1-2H3,(H,38,43). The number of benzene rings is 2. The molecule has 1 fully saturated rings. The van der Waals surface area contributed by atoms with E-state index in [1.165, 1.54) is 5.56 Å². The number of unbranched alkanes of at least 4 members (excludes halogenated alkanes) is 4. The monoisotopic (exact) mass is 630 g/mol. The van der Waals surface area contributed by atoms with Crippen molar-refractivity contribution in [2.75, 3.05) is 52.5 Å². The number of amides is 1. The highest BCUT2D eigenvalue weighted by atomic mass is 16.5. The molecule has 5 rings (SSSR count). The lowest BCUT2D eigenvalue weighted by Gasteiger charge is -2.27. The van der Waals surface area contributed by atoms with Gasteiger partial charge in [0.15, 0.2) is 0 Å². The van der Waals surface area contributed by atoms with Crippen LogP contribution in [0.3, 0.4) is 0 Å². The Bertz CT molecular complexity index is 1500.